The van der Waals surface area contributed by atoms with E-state index in [9.17, 15) is 0 Å². The second-order valence-corrected chi connectivity index (χ2v) is 7.17. The normalized spacial score (nSPS) is 11.4. The van der Waals surface area contributed by atoms with Crippen molar-refractivity contribution in [1.29, 1.82) is 0 Å². The summed E-state index contributed by atoms with van der Waals surface area (Å²) in [7, 11) is 0. The van der Waals surface area contributed by atoms with E-state index in [1.54, 1.807) is 17.4 Å². The van der Waals surface area contributed by atoms with E-state index in [-0.39, 0.29) is 0 Å². The molecule has 110 valence electrons. The van der Waals surface area contributed by atoms with Crippen LogP contribution < -0.4 is 0 Å². The lowest BCUT2D eigenvalue weighted by molar-refractivity contribution is 0.762. The van der Waals surface area contributed by atoms with Crippen molar-refractivity contribution in [2.75, 3.05) is 5.88 Å². The van der Waals surface area contributed by atoms with Gasteiger partial charge in [-0.1, -0.05) is 23.2 Å². The molecule has 2 heterocycles. The molecular formula is C14H12Cl3N3S. The zero-order chi connectivity index (χ0) is 15.0. The molecule has 0 fully saturated rings. The maximum atomic E-state index is 6.14. The number of benzene rings is 1. The van der Waals surface area contributed by atoms with Gasteiger partial charge in [-0.3, -0.25) is 0 Å². The van der Waals surface area contributed by atoms with Crippen molar-refractivity contribution >= 4 is 57.2 Å². The van der Waals surface area contributed by atoms with Gasteiger partial charge in [0.15, 0.2) is 0 Å². The first-order chi connectivity index (χ1) is 10.1. The maximum Gasteiger partial charge on any atom is 0.111 e. The van der Waals surface area contributed by atoms with Crippen LogP contribution in [-0.2, 0) is 13.0 Å². The second-order valence-electron chi connectivity index (χ2n) is 4.65. The third-order valence-corrected chi connectivity index (χ3v) is 4.98. The van der Waals surface area contributed by atoms with Gasteiger partial charge in [0.2, 0.25) is 0 Å². The summed E-state index contributed by atoms with van der Waals surface area (Å²) in [6.45, 7) is 2.71. The molecule has 0 aliphatic rings. The van der Waals surface area contributed by atoms with Gasteiger partial charge in [0, 0.05) is 23.4 Å². The molecule has 21 heavy (non-hydrogen) atoms. The molecule has 2 aromatic heterocycles. The predicted molar refractivity (Wildman–Crippen MR) is 90.1 cm³/mol. The van der Waals surface area contributed by atoms with E-state index in [1.807, 2.05) is 19.2 Å². The Morgan fingerprint density at radius 3 is 2.67 bits per heavy atom. The highest BCUT2D eigenvalue weighted by atomic mass is 35.5. The summed E-state index contributed by atoms with van der Waals surface area (Å²) in [5, 5.41) is 2.09. The van der Waals surface area contributed by atoms with Crippen LogP contribution in [0.1, 0.15) is 15.7 Å². The Labute approximate surface area is 141 Å². The van der Waals surface area contributed by atoms with Crippen LogP contribution >= 0.6 is 46.1 Å². The number of imidazole rings is 1. The van der Waals surface area contributed by atoms with Crippen molar-refractivity contribution in [3.8, 4) is 0 Å². The molecule has 3 aromatic rings. The summed E-state index contributed by atoms with van der Waals surface area (Å²) in [5.74, 6) is 1.45. The number of rotatable bonds is 4. The largest absolute Gasteiger partial charge is 0.323 e. The minimum Gasteiger partial charge on any atom is -0.323 e. The van der Waals surface area contributed by atoms with Gasteiger partial charge in [-0.2, -0.15) is 0 Å². The lowest BCUT2D eigenvalue weighted by Gasteiger charge is -2.07. The zero-order valence-electron chi connectivity index (χ0n) is 11.2. The van der Waals surface area contributed by atoms with Crippen molar-refractivity contribution in [2.24, 2.45) is 0 Å². The summed E-state index contributed by atoms with van der Waals surface area (Å²) < 4.78 is 2.13. The van der Waals surface area contributed by atoms with Gasteiger partial charge in [0.1, 0.15) is 5.82 Å². The summed E-state index contributed by atoms with van der Waals surface area (Å²) in [6.07, 6.45) is 2.59. The third kappa shape index (κ3) is 3.04. The molecule has 0 aliphatic heterocycles. The average molecular weight is 361 g/mol. The highest BCUT2D eigenvalue weighted by Gasteiger charge is 2.14. The molecule has 0 saturated heterocycles. The maximum absolute atomic E-state index is 6.14. The number of hydrogen-bond donors (Lipinski definition) is 0. The minimum absolute atomic E-state index is 0.514. The van der Waals surface area contributed by atoms with E-state index in [0.29, 0.717) is 28.9 Å². The van der Waals surface area contributed by atoms with Gasteiger partial charge in [-0.05, 0) is 19.1 Å². The molecule has 0 saturated carbocycles. The number of hydrogen-bond acceptors (Lipinski definition) is 3. The van der Waals surface area contributed by atoms with Crippen molar-refractivity contribution in [2.45, 2.75) is 19.9 Å². The average Bonchev–Trinajstić information content (AvgIpc) is 2.97. The topological polar surface area (TPSA) is 30.7 Å². The van der Waals surface area contributed by atoms with Gasteiger partial charge in [0.05, 0.1) is 32.6 Å². The molecule has 0 amide bonds. The molecule has 0 aliphatic carbocycles. The van der Waals surface area contributed by atoms with E-state index in [2.05, 4.69) is 14.5 Å². The molecule has 7 heteroatoms. The van der Waals surface area contributed by atoms with Crippen molar-refractivity contribution < 1.29 is 0 Å². The highest BCUT2D eigenvalue weighted by Crippen LogP contribution is 2.29. The summed E-state index contributed by atoms with van der Waals surface area (Å²) in [4.78, 5) is 10.1. The van der Waals surface area contributed by atoms with E-state index in [0.717, 1.165) is 21.9 Å². The van der Waals surface area contributed by atoms with Crippen LogP contribution in [0.4, 0.5) is 0 Å². The number of aromatic nitrogens is 3. The lowest BCUT2D eigenvalue weighted by atomic mass is 10.3. The number of halogens is 3. The van der Waals surface area contributed by atoms with E-state index >= 15 is 0 Å². The van der Waals surface area contributed by atoms with E-state index in [1.165, 1.54) is 4.88 Å². The van der Waals surface area contributed by atoms with Gasteiger partial charge in [-0.15, -0.1) is 22.9 Å². The molecule has 0 unspecified atom stereocenters. The Hall–Kier alpha value is -0.810. The number of aryl methyl sites for hydroxylation is 2. The van der Waals surface area contributed by atoms with Crippen molar-refractivity contribution in [3.63, 3.8) is 0 Å². The fourth-order valence-corrected chi connectivity index (χ4v) is 3.52. The van der Waals surface area contributed by atoms with Crippen molar-refractivity contribution in [1.82, 2.24) is 14.5 Å². The molecule has 0 radical (unpaired) electrons. The predicted octanol–water partition coefficient (Wildman–Crippen LogP) is 4.94. The first-order valence-electron chi connectivity index (χ1n) is 6.40. The van der Waals surface area contributed by atoms with Crippen LogP contribution in [0.25, 0.3) is 11.0 Å². The van der Waals surface area contributed by atoms with Gasteiger partial charge >= 0.3 is 0 Å². The third-order valence-electron chi connectivity index (χ3n) is 3.17. The SMILES string of the molecule is Cc1ncc(Cn2c(CCCl)nc3cc(Cl)c(Cl)cc32)s1. The van der Waals surface area contributed by atoms with Crippen LogP contribution in [0.3, 0.4) is 0 Å². The Morgan fingerprint density at radius 1 is 1.24 bits per heavy atom. The van der Waals surface area contributed by atoms with Gasteiger partial charge < -0.3 is 4.57 Å². The van der Waals surface area contributed by atoms with Gasteiger partial charge in [-0.25, -0.2) is 9.97 Å². The van der Waals surface area contributed by atoms with Crippen LogP contribution in [0.15, 0.2) is 18.3 Å². The van der Waals surface area contributed by atoms with Crippen LogP contribution in [0, 0.1) is 6.92 Å². The Morgan fingerprint density at radius 2 is 2.00 bits per heavy atom. The van der Waals surface area contributed by atoms with Crippen LogP contribution in [0.2, 0.25) is 10.0 Å². The van der Waals surface area contributed by atoms with Crippen LogP contribution in [0.5, 0.6) is 0 Å². The standard InChI is InChI=1S/C14H12Cl3N3S/c1-8-18-6-9(21-8)7-20-13-5-11(17)10(16)4-12(13)19-14(20)2-3-15/h4-6H,2-3,7H2,1H3. The Balaban J connectivity index is 2.12. The molecule has 1 aromatic carbocycles. The first-order valence-corrected chi connectivity index (χ1v) is 8.50. The lowest BCUT2D eigenvalue weighted by Crippen LogP contribution is -2.05. The molecule has 0 spiro atoms. The van der Waals surface area contributed by atoms with E-state index in [4.69, 9.17) is 34.8 Å². The molecular weight excluding hydrogens is 349 g/mol. The van der Waals surface area contributed by atoms with Crippen molar-refractivity contribution in [3.05, 3.63) is 44.1 Å². The number of alkyl halides is 1. The number of nitrogens with zero attached hydrogens (tertiary/aromatic N) is 3. The minimum atomic E-state index is 0.514. The monoisotopic (exact) mass is 359 g/mol. The molecule has 3 rings (SSSR count). The fourth-order valence-electron chi connectivity index (χ4n) is 2.26. The molecule has 0 N–H and O–H groups in total. The van der Waals surface area contributed by atoms with Gasteiger partial charge in [0.25, 0.3) is 0 Å². The summed E-state index contributed by atoms with van der Waals surface area (Å²) in [6, 6.07) is 3.66. The Bertz CT molecular complexity index is 794. The summed E-state index contributed by atoms with van der Waals surface area (Å²) >= 11 is 19.8. The number of thiazole rings is 1. The van der Waals surface area contributed by atoms with Crippen LogP contribution in [-0.4, -0.2) is 20.4 Å². The molecule has 3 nitrogen and oxygen atoms in total. The second kappa shape index (κ2) is 6.13. The smallest absolute Gasteiger partial charge is 0.111 e. The quantitative estimate of drug-likeness (QED) is 0.617. The number of fused-ring (bicyclic) bond motifs is 1. The zero-order valence-corrected chi connectivity index (χ0v) is 14.3. The molecule has 0 bridgehead atoms. The van der Waals surface area contributed by atoms with E-state index < -0.39 is 0 Å². The Kier molecular flexibility index (Phi) is 4.41. The first kappa shape index (κ1) is 15.1. The summed E-state index contributed by atoms with van der Waals surface area (Å²) in [5.41, 5.74) is 1.81. The fraction of sp³-hybridized carbons (Fsp3) is 0.286. The molecule has 0 atom stereocenters. The highest BCUT2D eigenvalue weighted by molar-refractivity contribution is 7.11.